The molecule has 0 fully saturated rings. The Bertz CT molecular complexity index is 1140. The second-order valence-electron chi connectivity index (χ2n) is 6.13. The Balaban J connectivity index is 1.95. The van der Waals surface area contributed by atoms with Crippen molar-refractivity contribution in [3.8, 4) is 0 Å². The van der Waals surface area contributed by atoms with E-state index >= 15 is 0 Å². The van der Waals surface area contributed by atoms with Crippen molar-refractivity contribution in [2.24, 2.45) is 0 Å². The predicted octanol–water partition coefficient (Wildman–Crippen LogP) is 2.82. The highest BCUT2D eigenvalue weighted by atomic mass is 32.2. The summed E-state index contributed by atoms with van der Waals surface area (Å²) in [6, 6.07) is 3.59. The van der Waals surface area contributed by atoms with Gasteiger partial charge in [0.15, 0.2) is 33.4 Å². The minimum atomic E-state index is -3.52. The van der Waals surface area contributed by atoms with Crippen LogP contribution in [0.1, 0.15) is 12.5 Å². The third-order valence-electron chi connectivity index (χ3n) is 3.55. The Hall–Kier alpha value is -2.09. The van der Waals surface area contributed by atoms with Gasteiger partial charge in [-0.25, -0.2) is 27.2 Å². The molecule has 3 aromatic rings. The van der Waals surface area contributed by atoms with E-state index in [1.54, 1.807) is 6.92 Å². The lowest BCUT2D eigenvalue weighted by atomic mass is 10.2. The van der Waals surface area contributed by atoms with E-state index < -0.39 is 21.7 Å². The van der Waals surface area contributed by atoms with Crippen molar-refractivity contribution in [2.45, 2.75) is 23.9 Å². The van der Waals surface area contributed by atoms with E-state index in [0.717, 1.165) is 35.4 Å². The first kappa shape index (κ1) is 21.6. The van der Waals surface area contributed by atoms with Gasteiger partial charge < -0.3 is 10.4 Å². The molecule has 0 bridgehead atoms. The maximum absolute atomic E-state index is 13.9. The molecule has 0 aliphatic heterocycles. The van der Waals surface area contributed by atoms with Gasteiger partial charge in [-0.05, 0) is 13.0 Å². The lowest BCUT2D eigenvalue weighted by molar-refractivity contribution is 0.281. The van der Waals surface area contributed by atoms with Crippen LogP contribution in [0, 0.1) is 11.6 Å². The summed E-state index contributed by atoms with van der Waals surface area (Å²) in [5.74, 6) is -1.42. The molecule has 2 aromatic heterocycles. The molecule has 0 unspecified atom stereocenters. The molecular weight excluding hydrogens is 444 g/mol. The summed E-state index contributed by atoms with van der Waals surface area (Å²) in [5, 5.41) is 12.7. The second kappa shape index (κ2) is 8.73. The van der Waals surface area contributed by atoms with E-state index in [1.165, 1.54) is 12.1 Å². The van der Waals surface area contributed by atoms with Crippen LogP contribution in [0.15, 0.2) is 23.4 Å². The summed E-state index contributed by atoms with van der Waals surface area (Å²) in [7, 11) is -3.52. The van der Waals surface area contributed by atoms with E-state index in [-0.39, 0.29) is 39.9 Å². The number of sulfonamides is 1. The zero-order valence-electron chi connectivity index (χ0n) is 15.3. The molecule has 1 aromatic carbocycles. The number of fused-ring (bicyclic) bond motifs is 1. The molecule has 3 rings (SSSR count). The summed E-state index contributed by atoms with van der Waals surface area (Å²) in [6.45, 7) is 1.58. The van der Waals surface area contributed by atoms with Gasteiger partial charge in [0.05, 0.1) is 12.9 Å². The van der Waals surface area contributed by atoms with Gasteiger partial charge in [0.1, 0.15) is 4.70 Å². The maximum Gasteiger partial charge on any atom is 0.231 e. The van der Waals surface area contributed by atoms with Crippen LogP contribution < -0.4 is 10.0 Å². The van der Waals surface area contributed by atoms with Crippen molar-refractivity contribution in [3.63, 3.8) is 0 Å². The monoisotopic (exact) mass is 461 g/mol. The SMILES string of the molecule is C[C@H](CO)Nc1nc(SCc2cccc(F)c2F)nc2nc(NS(C)(=O)=O)sc12. The fourth-order valence-electron chi connectivity index (χ4n) is 2.25. The van der Waals surface area contributed by atoms with Crippen LogP contribution in [-0.4, -0.2) is 47.4 Å². The number of benzene rings is 1. The van der Waals surface area contributed by atoms with Gasteiger partial charge in [-0.1, -0.05) is 35.2 Å². The Morgan fingerprint density at radius 1 is 1.28 bits per heavy atom. The summed E-state index contributed by atoms with van der Waals surface area (Å²) >= 11 is 2.12. The third kappa shape index (κ3) is 5.50. The van der Waals surface area contributed by atoms with E-state index in [1.807, 2.05) is 0 Å². The normalized spacial score (nSPS) is 12.9. The number of aliphatic hydroxyl groups excluding tert-OH is 1. The quantitative estimate of drug-likeness (QED) is 0.346. The lowest BCUT2D eigenvalue weighted by Crippen LogP contribution is -2.20. The van der Waals surface area contributed by atoms with Gasteiger partial charge in [0.25, 0.3) is 0 Å². The number of anilines is 2. The van der Waals surface area contributed by atoms with Gasteiger partial charge in [-0.3, -0.25) is 4.72 Å². The molecule has 29 heavy (non-hydrogen) atoms. The molecule has 13 heteroatoms. The highest BCUT2D eigenvalue weighted by molar-refractivity contribution is 7.98. The third-order valence-corrected chi connectivity index (χ3v) is 6.11. The van der Waals surface area contributed by atoms with Crippen LogP contribution in [0.4, 0.5) is 19.7 Å². The van der Waals surface area contributed by atoms with E-state index in [9.17, 15) is 22.3 Å². The molecule has 0 aliphatic carbocycles. The largest absolute Gasteiger partial charge is 0.394 e. The number of hydrogen-bond donors (Lipinski definition) is 3. The lowest BCUT2D eigenvalue weighted by Gasteiger charge is -2.12. The number of aliphatic hydroxyl groups is 1. The minimum Gasteiger partial charge on any atom is -0.394 e. The van der Waals surface area contributed by atoms with Gasteiger partial charge >= 0.3 is 0 Å². The van der Waals surface area contributed by atoms with Gasteiger partial charge in [-0.2, -0.15) is 4.98 Å². The average molecular weight is 462 g/mol. The van der Waals surface area contributed by atoms with Crippen molar-refractivity contribution in [1.29, 1.82) is 0 Å². The number of hydrogen-bond acceptors (Lipinski definition) is 9. The van der Waals surface area contributed by atoms with E-state index in [4.69, 9.17) is 0 Å². The number of nitrogens with zero attached hydrogens (tertiary/aromatic N) is 3. The molecule has 1 atom stereocenters. The summed E-state index contributed by atoms with van der Waals surface area (Å²) in [6.07, 6.45) is 1.01. The predicted molar refractivity (Wildman–Crippen MR) is 110 cm³/mol. The summed E-state index contributed by atoms with van der Waals surface area (Å²) in [4.78, 5) is 12.8. The first-order chi connectivity index (χ1) is 13.7. The van der Waals surface area contributed by atoms with Gasteiger partial charge in [-0.15, -0.1) is 0 Å². The van der Waals surface area contributed by atoms with Gasteiger partial charge in [0, 0.05) is 17.4 Å². The van der Waals surface area contributed by atoms with Crippen LogP contribution in [-0.2, 0) is 15.8 Å². The Kier molecular flexibility index (Phi) is 6.51. The molecule has 0 amide bonds. The van der Waals surface area contributed by atoms with Gasteiger partial charge in [0.2, 0.25) is 10.0 Å². The van der Waals surface area contributed by atoms with E-state index in [2.05, 4.69) is 25.0 Å². The van der Waals surface area contributed by atoms with Crippen molar-refractivity contribution >= 4 is 54.4 Å². The number of aromatic nitrogens is 3. The minimum absolute atomic E-state index is 0.0860. The average Bonchev–Trinajstić information content (AvgIpc) is 3.03. The number of rotatable bonds is 8. The molecule has 0 saturated carbocycles. The van der Waals surface area contributed by atoms with Crippen LogP contribution in [0.5, 0.6) is 0 Å². The molecule has 0 spiro atoms. The molecular formula is C16H17F2N5O3S3. The number of thioether (sulfide) groups is 1. The zero-order chi connectivity index (χ0) is 21.2. The molecule has 3 N–H and O–H groups in total. The molecule has 8 nitrogen and oxygen atoms in total. The van der Waals surface area contributed by atoms with E-state index in [0.29, 0.717) is 10.5 Å². The van der Waals surface area contributed by atoms with Crippen molar-refractivity contribution < 1.29 is 22.3 Å². The highest BCUT2D eigenvalue weighted by Crippen LogP contribution is 2.33. The smallest absolute Gasteiger partial charge is 0.231 e. The van der Waals surface area contributed by atoms with Crippen molar-refractivity contribution in [2.75, 3.05) is 22.9 Å². The summed E-state index contributed by atoms with van der Waals surface area (Å²) < 4.78 is 53.0. The Labute approximate surface area is 173 Å². The fraction of sp³-hybridized carbons (Fsp3) is 0.312. The number of nitrogens with one attached hydrogen (secondary N) is 2. The number of halogens is 2. The molecule has 0 saturated heterocycles. The maximum atomic E-state index is 13.9. The topological polar surface area (TPSA) is 117 Å². The van der Waals surface area contributed by atoms with Crippen molar-refractivity contribution in [1.82, 2.24) is 15.0 Å². The van der Waals surface area contributed by atoms with Crippen LogP contribution in [0.3, 0.4) is 0 Å². The van der Waals surface area contributed by atoms with Crippen LogP contribution in [0.2, 0.25) is 0 Å². The van der Waals surface area contributed by atoms with Crippen LogP contribution in [0.25, 0.3) is 10.3 Å². The van der Waals surface area contributed by atoms with Crippen molar-refractivity contribution in [3.05, 3.63) is 35.4 Å². The number of thiazole rings is 1. The standard InChI is InChI=1S/C16H17F2N5O3S3/c1-8(6-24)19-13-12-14(22-16(28-12)23-29(2,25)26)21-15(20-13)27-7-9-4-3-5-10(17)11(9)18/h3-5,8,24H,6-7H2,1-2H3,(H2,19,20,21,22,23)/t8-/m1/s1. The Morgan fingerprint density at radius 3 is 2.72 bits per heavy atom. The highest BCUT2D eigenvalue weighted by Gasteiger charge is 2.17. The van der Waals surface area contributed by atoms with Crippen LogP contribution >= 0.6 is 23.1 Å². The fourth-order valence-corrected chi connectivity index (χ4v) is 4.76. The molecule has 0 aliphatic rings. The Morgan fingerprint density at radius 2 is 2.03 bits per heavy atom. The zero-order valence-corrected chi connectivity index (χ0v) is 17.8. The molecule has 2 heterocycles. The molecule has 156 valence electrons. The summed E-state index contributed by atoms with van der Waals surface area (Å²) in [5.41, 5.74) is 0.403. The second-order valence-corrected chi connectivity index (χ2v) is 9.82. The first-order valence-corrected chi connectivity index (χ1v) is 11.9. The first-order valence-electron chi connectivity index (χ1n) is 8.25. The molecule has 0 radical (unpaired) electrons.